The van der Waals surface area contributed by atoms with Crippen molar-refractivity contribution < 1.29 is 19.1 Å². The van der Waals surface area contributed by atoms with E-state index >= 15 is 0 Å². The average molecular weight is 551 g/mol. The number of carbonyl (C=O) groups excluding carboxylic acids is 2. The Morgan fingerprint density at radius 3 is 1.83 bits per heavy atom. The summed E-state index contributed by atoms with van der Waals surface area (Å²) in [6, 6.07) is 21.6. The highest BCUT2D eigenvalue weighted by Crippen LogP contribution is 2.38. The number of hydrogen-bond acceptors (Lipinski definition) is 5. The topological polar surface area (TPSA) is 59.1 Å². The molecule has 3 aromatic carbocycles. The van der Waals surface area contributed by atoms with Crippen LogP contribution in [-0.4, -0.2) is 30.1 Å². The molecule has 0 N–H and O–H groups in total. The first-order chi connectivity index (χ1) is 17.0. The maximum Gasteiger partial charge on any atom is 0.270 e. The van der Waals surface area contributed by atoms with Crippen LogP contribution in [-0.2, 0) is 9.59 Å². The van der Waals surface area contributed by atoms with Crippen LogP contribution in [0, 0.1) is 0 Å². The van der Waals surface area contributed by atoms with Crippen molar-refractivity contribution >= 4 is 62.5 Å². The smallest absolute Gasteiger partial charge is 0.270 e. The number of ether oxygens (including phenoxy) is 2. The number of nitrogens with zero attached hydrogens (tertiary/aromatic N) is 2. The maximum atomic E-state index is 13.6. The average Bonchev–Trinajstić information content (AvgIpc) is 2.85. The van der Waals surface area contributed by atoms with Crippen molar-refractivity contribution in [2.75, 3.05) is 23.0 Å². The Hall–Kier alpha value is -3.49. The molecular weight excluding hydrogens is 528 g/mol. The van der Waals surface area contributed by atoms with Gasteiger partial charge in [0.05, 0.1) is 29.1 Å². The third kappa shape index (κ3) is 4.99. The molecular formula is C27H23BrN2O4S. The van der Waals surface area contributed by atoms with E-state index in [2.05, 4.69) is 15.9 Å². The normalized spacial score (nSPS) is 13.8. The Kier molecular flexibility index (Phi) is 7.63. The van der Waals surface area contributed by atoms with E-state index in [-0.39, 0.29) is 10.7 Å². The molecule has 0 aromatic heterocycles. The van der Waals surface area contributed by atoms with Crippen LogP contribution < -0.4 is 19.3 Å². The van der Waals surface area contributed by atoms with Crippen LogP contribution in [0.25, 0.3) is 6.08 Å². The Labute approximate surface area is 217 Å². The van der Waals surface area contributed by atoms with E-state index in [0.29, 0.717) is 46.1 Å². The van der Waals surface area contributed by atoms with Crippen LogP contribution >= 0.6 is 28.1 Å². The standard InChI is InChI=1S/C27H23BrN2O4S/c1-3-33-23-17-18(16-22(28)24(23)34-4-2)15-21-25(31)29(19-11-7-5-8-12-19)27(35)30(26(21)32)20-13-9-6-10-14-20/h5-17H,3-4H2,1-2H3. The molecule has 0 bridgehead atoms. The van der Waals surface area contributed by atoms with Crippen molar-refractivity contribution in [3.05, 3.63) is 88.4 Å². The van der Waals surface area contributed by atoms with Gasteiger partial charge in [-0.3, -0.25) is 19.4 Å². The maximum absolute atomic E-state index is 13.6. The van der Waals surface area contributed by atoms with Gasteiger partial charge in [0.1, 0.15) is 5.57 Å². The van der Waals surface area contributed by atoms with Gasteiger partial charge in [-0.15, -0.1) is 0 Å². The van der Waals surface area contributed by atoms with Crippen molar-refractivity contribution in [1.82, 2.24) is 0 Å². The third-order valence-electron chi connectivity index (χ3n) is 5.21. The highest BCUT2D eigenvalue weighted by Gasteiger charge is 2.41. The number of rotatable bonds is 7. The molecule has 1 heterocycles. The Morgan fingerprint density at radius 1 is 0.829 bits per heavy atom. The van der Waals surface area contributed by atoms with Crippen molar-refractivity contribution in [1.29, 1.82) is 0 Å². The summed E-state index contributed by atoms with van der Waals surface area (Å²) in [6.07, 6.45) is 1.56. The number of anilines is 2. The largest absolute Gasteiger partial charge is 0.490 e. The lowest BCUT2D eigenvalue weighted by Gasteiger charge is -2.36. The van der Waals surface area contributed by atoms with E-state index in [1.807, 2.05) is 50.2 Å². The van der Waals surface area contributed by atoms with Gasteiger partial charge in [0.15, 0.2) is 16.6 Å². The summed E-state index contributed by atoms with van der Waals surface area (Å²) >= 11 is 9.17. The fourth-order valence-electron chi connectivity index (χ4n) is 3.72. The fourth-order valence-corrected chi connectivity index (χ4v) is 4.68. The number of hydrogen-bond donors (Lipinski definition) is 0. The number of amides is 2. The summed E-state index contributed by atoms with van der Waals surface area (Å²) in [4.78, 5) is 30.1. The summed E-state index contributed by atoms with van der Waals surface area (Å²) in [5, 5.41) is 0.0948. The van der Waals surface area contributed by atoms with Crippen molar-refractivity contribution in [2.45, 2.75) is 13.8 Å². The molecule has 178 valence electrons. The van der Waals surface area contributed by atoms with Gasteiger partial charge in [-0.25, -0.2) is 0 Å². The highest BCUT2D eigenvalue weighted by atomic mass is 79.9. The number of benzene rings is 3. The zero-order valence-corrected chi connectivity index (χ0v) is 21.6. The Bertz CT molecular complexity index is 1230. The molecule has 0 radical (unpaired) electrons. The first-order valence-corrected chi connectivity index (χ1v) is 12.3. The predicted octanol–water partition coefficient (Wildman–Crippen LogP) is 5.99. The van der Waals surface area contributed by atoms with Gasteiger partial charge < -0.3 is 9.47 Å². The van der Waals surface area contributed by atoms with Crippen LogP contribution in [0.3, 0.4) is 0 Å². The molecule has 4 rings (SSSR count). The number of para-hydroxylation sites is 2. The van der Waals surface area contributed by atoms with Gasteiger partial charge in [0, 0.05) is 0 Å². The molecule has 1 fully saturated rings. The van der Waals surface area contributed by atoms with Gasteiger partial charge in [0.25, 0.3) is 11.8 Å². The Balaban J connectivity index is 1.86. The van der Waals surface area contributed by atoms with Crippen LogP contribution in [0.5, 0.6) is 11.5 Å². The zero-order chi connectivity index (χ0) is 24.9. The zero-order valence-electron chi connectivity index (χ0n) is 19.2. The molecule has 8 heteroatoms. The van der Waals surface area contributed by atoms with E-state index in [1.54, 1.807) is 42.5 Å². The second kappa shape index (κ2) is 10.8. The minimum Gasteiger partial charge on any atom is -0.490 e. The van der Waals surface area contributed by atoms with Crippen molar-refractivity contribution in [3.63, 3.8) is 0 Å². The summed E-state index contributed by atoms with van der Waals surface area (Å²) < 4.78 is 12.1. The van der Waals surface area contributed by atoms with Crippen LogP contribution in [0.4, 0.5) is 11.4 Å². The fraction of sp³-hybridized carbons (Fsp3) is 0.148. The van der Waals surface area contributed by atoms with Crippen LogP contribution in [0.1, 0.15) is 19.4 Å². The van der Waals surface area contributed by atoms with Crippen molar-refractivity contribution in [3.8, 4) is 11.5 Å². The molecule has 0 spiro atoms. The van der Waals surface area contributed by atoms with Gasteiger partial charge in [-0.05, 0) is 90.0 Å². The number of halogens is 1. The van der Waals surface area contributed by atoms with E-state index in [1.165, 1.54) is 9.80 Å². The van der Waals surface area contributed by atoms with Crippen molar-refractivity contribution in [2.24, 2.45) is 0 Å². The first-order valence-electron chi connectivity index (χ1n) is 11.1. The monoisotopic (exact) mass is 550 g/mol. The number of thiocarbonyl (C=S) groups is 1. The molecule has 1 aliphatic rings. The lowest BCUT2D eigenvalue weighted by atomic mass is 10.0. The molecule has 0 unspecified atom stereocenters. The van der Waals surface area contributed by atoms with Gasteiger partial charge in [-0.2, -0.15) is 0 Å². The lowest BCUT2D eigenvalue weighted by molar-refractivity contribution is -0.120. The van der Waals surface area contributed by atoms with E-state index < -0.39 is 11.8 Å². The van der Waals surface area contributed by atoms with E-state index in [9.17, 15) is 9.59 Å². The molecule has 2 amide bonds. The highest BCUT2D eigenvalue weighted by molar-refractivity contribution is 9.10. The SMILES string of the molecule is CCOc1cc(C=C2C(=O)N(c3ccccc3)C(=S)N(c3ccccc3)C2=O)cc(Br)c1OCC. The molecule has 0 saturated carbocycles. The van der Waals surface area contributed by atoms with Gasteiger partial charge >= 0.3 is 0 Å². The van der Waals surface area contributed by atoms with E-state index in [0.717, 1.165) is 0 Å². The van der Waals surface area contributed by atoms with Crippen LogP contribution in [0.2, 0.25) is 0 Å². The second-order valence-electron chi connectivity index (χ2n) is 7.49. The molecule has 1 saturated heterocycles. The molecule has 1 aliphatic heterocycles. The second-order valence-corrected chi connectivity index (χ2v) is 8.71. The Morgan fingerprint density at radius 2 is 1.34 bits per heavy atom. The minimum absolute atomic E-state index is 0.0233. The summed E-state index contributed by atoms with van der Waals surface area (Å²) in [5.41, 5.74) is 1.73. The van der Waals surface area contributed by atoms with E-state index in [4.69, 9.17) is 21.7 Å². The lowest BCUT2D eigenvalue weighted by Crippen LogP contribution is -2.56. The molecule has 3 aromatic rings. The third-order valence-corrected chi connectivity index (χ3v) is 6.16. The number of carbonyl (C=O) groups is 2. The minimum atomic E-state index is -0.499. The summed E-state index contributed by atoms with van der Waals surface area (Å²) in [6.45, 7) is 4.66. The molecule has 0 aliphatic carbocycles. The first kappa shape index (κ1) is 24.6. The van der Waals surface area contributed by atoms with Gasteiger partial charge in [0.2, 0.25) is 0 Å². The molecule has 0 atom stereocenters. The molecule has 6 nitrogen and oxygen atoms in total. The quantitative estimate of drug-likeness (QED) is 0.205. The predicted molar refractivity (Wildman–Crippen MR) is 145 cm³/mol. The summed E-state index contributed by atoms with van der Waals surface area (Å²) in [5.74, 6) is 0.0835. The summed E-state index contributed by atoms with van der Waals surface area (Å²) in [7, 11) is 0. The van der Waals surface area contributed by atoms with Crippen LogP contribution in [0.15, 0.2) is 82.8 Å². The molecule has 35 heavy (non-hydrogen) atoms. The van der Waals surface area contributed by atoms with Gasteiger partial charge in [-0.1, -0.05) is 36.4 Å².